The van der Waals surface area contributed by atoms with Crippen molar-refractivity contribution in [2.24, 2.45) is 0 Å². The number of aryl methyl sites for hydroxylation is 1. The molecule has 0 atom stereocenters. The standard InChI is InChI=1S/C11H12BrN5/c1-7-3-2-4-14-8(7)5-15-11-9(12)10(13)16-6-17-11/h2-4,6H,5H2,1H3,(H3,13,15,16,17). The molecule has 0 fully saturated rings. The predicted octanol–water partition coefficient (Wildman–Crippen LogP) is 2.14. The maximum Gasteiger partial charge on any atom is 0.146 e. The molecule has 2 heterocycles. The summed E-state index contributed by atoms with van der Waals surface area (Å²) in [5.74, 6) is 1.09. The Morgan fingerprint density at radius 3 is 2.94 bits per heavy atom. The second-order valence-corrected chi connectivity index (χ2v) is 4.34. The molecule has 0 aliphatic heterocycles. The van der Waals surface area contributed by atoms with E-state index in [-0.39, 0.29) is 0 Å². The van der Waals surface area contributed by atoms with Crippen molar-refractivity contribution in [1.29, 1.82) is 0 Å². The summed E-state index contributed by atoms with van der Waals surface area (Å²) in [6.07, 6.45) is 3.20. The van der Waals surface area contributed by atoms with Crippen molar-refractivity contribution < 1.29 is 0 Å². The number of nitrogens with one attached hydrogen (secondary N) is 1. The van der Waals surface area contributed by atoms with Gasteiger partial charge in [0.25, 0.3) is 0 Å². The van der Waals surface area contributed by atoms with Gasteiger partial charge in [-0.25, -0.2) is 9.97 Å². The Hall–Kier alpha value is -1.69. The molecule has 0 unspecified atom stereocenters. The van der Waals surface area contributed by atoms with Crippen LogP contribution in [0.1, 0.15) is 11.3 Å². The third-order valence-corrected chi connectivity index (χ3v) is 3.14. The summed E-state index contributed by atoms with van der Waals surface area (Å²) in [6, 6.07) is 3.94. The van der Waals surface area contributed by atoms with Gasteiger partial charge < -0.3 is 11.1 Å². The molecule has 0 aliphatic carbocycles. The Kier molecular flexibility index (Phi) is 3.53. The lowest BCUT2D eigenvalue weighted by Crippen LogP contribution is -2.07. The van der Waals surface area contributed by atoms with Crippen molar-refractivity contribution in [3.05, 3.63) is 40.4 Å². The predicted molar refractivity (Wildman–Crippen MR) is 70.4 cm³/mol. The molecule has 2 aromatic heterocycles. The van der Waals surface area contributed by atoms with E-state index in [1.54, 1.807) is 6.20 Å². The molecule has 2 aromatic rings. The second kappa shape index (κ2) is 5.09. The first-order valence-electron chi connectivity index (χ1n) is 5.09. The fraction of sp³-hybridized carbons (Fsp3) is 0.182. The molecule has 0 radical (unpaired) electrons. The molecule has 0 saturated carbocycles. The molecular weight excluding hydrogens is 282 g/mol. The topological polar surface area (TPSA) is 76.7 Å². The van der Waals surface area contributed by atoms with Crippen molar-refractivity contribution >= 4 is 27.6 Å². The Balaban J connectivity index is 2.13. The van der Waals surface area contributed by atoms with E-state index in [2.05, 4.69) is 36.2 Å². The SMILES string of the molecule is Cc1cccnc1CNc1ncnc(N)c1Br. The smallest absolute Gasteiger partial charge is 0.146 e. The van der Waals surface area contributed by atoms with Gasteiger partial charge in [0, 0.05) is 6.20 Å². The lowest BCUT2D eigenvalue weighted by Gasteiger charge is -2.09. The van der Waals surface area contributed by atoms with Crippen LogP contribution < -0.4 is 11.1 Å². The summed E-state index contributed by atoms with van der Waals surface area (Å²) in [7, 11) is 0. The monoisotopic (exact) mass is 293 g/mol. The fourth-order valence-electron chi connectivity index (χ4n) is 1.38. The number of rotatable bonds is 3. The molecule has 0 aliphatic rings. The van der Waals surface area contributed by atoms with Crippen LogP contribution in [0, 0.1) is 6.92 Å². The maximum atomic E-state index is 5.67. The number of nitrogen functional groups attached to an aromatic ring is 1. The summed E-state index contributed by atoms with van der Waals surface area (Å²) in [5.41, 5.74) is 7.79. The molecule has 0 bridgehead atoms. The van der Waals surface area contributed by atoms with Gasteiger partial charge in [-0.15, -0.1) is 0 Å². The Morgan fingerprint density at radius 2 is 2.18 bits per heavy atom. The van der Waals surface area contributed by atoms with Crippen LogP contribution >= 0.6 is 15.9 Å². The molecule has 0 amide bonds. The van der Waals surface area contributed by atoms with Crippen molar-refractivity contribution in [3.63, 3.8) is 0 Å². The van der Waals surface area contributed by atoms with Gasteiger partial charge in [0.15, 0.2) is 0 Å². The summed E-state index contributed by atoms with van der Waals surface area (Å²) < 4.78 is 0.675. The highest BCUT2D eigenvalue weighted by Crippen LogP contribution is 2.24. The number of hydrogen-bond acceptors (Lipinski definition) is 5. The number of aromatic nitrogens is 3. The van der Waals surface area contributed by atoms with Crippen LogP contribution in [-0.4, -0.2) is 15.0 Å². The first kappa shape index (κ1) is 11.8. The summed E-state index contributed by atoms with van der Waals surface area (Å²) in [4.78, 5) is 12.3. The maximum absolute atomic E-state index is 5.67. The van der Waals surface area contributed by atoms with Gasteiger partial charge in [0.05, 0.1) is 12.2 Å². The normalized spacial score (nSPS) is 10.2. The van der Waals surface area contributed by atoms with Crippen molar-refractivity contribution in [2.75, 3.05) is 11.1 Å². The van der Waals surface area contributed by atoms with E-state index in [0.29, 0.717) is 22.7 Å². The molecule has 2 rings (SSSR count). The van der Waals surface area contributed by atoms with Crippen LogP contribution in [0.25, 0.3) is 0 Å². The molecule has 3 N–H and O–H groups in total. The van der Waals surface area contributed by atoms with E-state index in [9.17, 15) is 0 Å². The van der Waals surface area contributed by atoms with Crippen LogP contribution in [0.15, 0.2) is 29.1 Å². The van der Waals surface area contributed by atoms with Crippen LogP contribution in [0.3, 0.4) is 0 Å². The average Bonchev–Trinajstić information content (AvgIpc) is 2.33. The molecule has 0 saturated heterocycles. The Morgan fingerprint density at radius 1 is 1.35 bits per heavy atom. The van der Waals surface area contributed by atoms with E-state index < -0.39 is 0 Å². The molecule has 5 nitrogen and oxygen atoms in total. The van der Waals surface area contributed by atoms with Gasteiger partial charge >= 0.3 is 0 Å². The molecule has 6 heteroatoms. The highest BCUT2D eigenvalue weighted by atomic mass is 79.9. The zero-order valence-electron chi connectivity index (χ0n) is 9.31. The van der Waals surface area contributed by atoms with Gasteiger partial charge in [0.2, 0.25) is 0 Å². The molecule has 17 heavy (non-hydrogen) atoms. The zero-order chi connectivity index (χ0) is 12.3. The second-order valence-electron chi connectivity index (χ2n) is 3.54. The van der Waals surface area contributed by atoms with E-state index in [4.69, 9.17) is 5.73 Å². The lowest BCUT2D eigenvalue weighted by atomic mass is 10.2. The van der Waals surface area contributed by atoms with Crippen molar-refractivity contribution in [3.8, 4) is 0 Å². The van der Waals surface area contributed by atoms with Crippen LogP contribution in [0.2, 0.25) is 0 Å². The van der Waals surface area contributed by atoms with Crippen LogP contribution in [0.4, 0.5) is 11.6 Å². The number of nitrogens with two attached hydrogens (primary N) is 1. The minimum absolute atomic E-state index is 0.417. The largest absolute Gasteiger partial charge is 0.383 e. The van der Waals surface area contributed by atoms with Crippen molar-refractivity contribution in [1.82, 2.24) is 15.0 Å². The number of hydrogen-bond donors (Lipinski definition) is 2. The van der Waals surface area contributed by atoms with Crippen molar-refractivity contribution in [2.45, 2.75) is 13.5 Å². The quantitative estimate of drug-likeness (QED) is 0.907. The Labute approximate surface area is 108 Å². The van der Waals surface area contributed by atoms with Gasteiger partial charge in [-0.3, -0.25) is 4.98 Å². The highest BCUT2D eigenvalue weighted by molar-refractivity contribution is 9.10. The summed E-state index contributed by atoms with van der Waals surface area (Å²) in [6.45, 7) is 2.62. The van der Waals surface area contributed by atoms with E-state index in [0.717, 1.165) is 11.3 Å². The van der Waals surface area contributed by atoms with E-state index >= 15 is 0 Å². The summed E-state index contributed by atoms with van der Waals surface area (Å²) >= 11 is 3.34. The molecule has 0 aromatic carbocycles. The minimum atomic E-state index is 0.417. The fourth-order valence-corrected chi connectivity index (χ4v) is 1.72. The minimum Gasteiger partial charge on any atom is -0.383 e. The van der Waals surface area contributed by atoms with Gasteiger partial charge in [0.1, 0.15) is 22.4 Å². The summed E-state index contributed by atoms with van der Waals surface area (Å²) in [5, 5.41) is 3.17. The van der Waals surface area contributed by atoms with Crippen LogP contribution in [-0.2, 0) is 6.54 Å². The average molecular weight is 294 g/mol. The first-order chi connectivity index (χ1) is 8.18. The number of pyridine rings is 1. The molecular formula is C11H12BrN5. The molecule has 88 valence electrons. The number of nitrogens with zero attached hydrogens (tertiary/aromatic N) is 3. The zero-order valence-corrected chi connectivity index (χ0v) is 10.9. The van der Waals surface area contributed by atoms with E-state index in [1.165, 1.54) is 6.33 Å². The molecule has 0 spiro atoms. The van der Waals surface area contributed by atoms with Gasteiger partial charge in [-0.2, -0.15) is 0 Å². The van der Waals surface area contributed by atoms with Crippen LogP contribution in [0.5, 0.6) is 0 Å². The van der Waals surface area contributed by atoms with E-state index in [1.807, 2.05) is 19.1 Å². The highest BCUT2D eigenvalue weighted by Gasteiger charge is 2.06. The number of anilines is 2. The van der Waals surface area contributed by atoms with Gasteiger partial charge in [-0.05, 0) is 34.5 Å². The third kappa shape index (κ3) is 2.71. The third-order valence-electron chi connectivity index (χ3n) is 2.36. The Bertz CT molecular complexity index is 529. The first-order valence-corrected chi connectivity index (χ1v) is 5.88. The lowest BCUT2D eigenvalue weighted by molar-refractivity contribution is 0.996. The number of halogens is 1. The van der Waals surface area contributed by atoms with Gasteiger partial charge in [-0.1, -0.05) is 6.07 Å².